The van der Waals surface area contributed by atoms with Crippen molar-refractivity contribution in [1.82, 2.24) is 15.5 Å². The summed E-state index contributed by atoms with van der Waals surface area (Å²) in [5.41, 5.74) is 1.64. The second kappa shape index (κ2) is 8.92. The van der Waals surface area contributed by atoms with Crippen LogP contribution in [0, 0.1) is 0 Å². The molecule has 0 fully saturated rings. The minimum absolute atomic E-state index is 0.131. The van der Waals surface area contributed by atoms with Crippen LogP contribution in [0.5, 0.6) is 5.75 Å². The fourth-order valence-electron chi connectivity index (χ4n) is 2.38. The fourth-order valence-corrected chi connectivity index (χ4v) is 3.27. The van der Waals surface area contributed by atoms with Gasteiger partial charge in [-0.25, -0.2) is 0 Å². The lowest BCUT2D eigenvalue weighted by atomic mass is 10.2. The van der Waals surface area contributed by atoms with Crippen molar-refractivity contribution >= 4 is 29.3 Å². The molecule has 27 heavy (non-hydrogen) atoms. The first-order valence-electron chi connectivity index (χ1n) is 8.22. The number of hydrogen-bond acceptors (Lipinski definition) is 6. The van der Waals surface area contributed by atoms with E-state index in [2.05, 4.69) is 15.5 Å². The molecule has 1 amide bonds. The summed E-state index contributed by atoms with van der Waals surface area (Å²) >= 11 is 7.18. The zero-order valence-corrected chi connectivity index (χ0v) is 16.4. The van der Waals surface area contributed by atoms with Crippen molar-refractivity contribution in [2.45, 2.75) is 23.9 Å². The van der Waals surface area contributed by atoms with Gasteiger partial charge in [0.15, 0.2) is 0 Å². The van der Waals surface area contributed by atoms with Crippen LogP contribution in [0.3, 0.4) is 0 Å². The number of para-hydroxylation sites is 1. The standard InChI is InChI=1S/C19H18ClN3O3S/c1-12(17(24)21-11-14-6-3-4-9-16(14)25-2)27-19-23-22-18(26-19)13-7-5-8-15(20)10-13/h3-10,12H,11H2,1-2H3,(H,21,24)/t12-/m1/s1. The third-order valence-corrected chi connectivity index (χ3v) is 4.94. The number of aromatic nitrogens is 2. The van der Waals surface area contributed by atoms with E-state index in [-0.39, 0.29) is 5.91 Å². The quantitative estimate of drug-likeness (QED) is 0.596. The first kappa shape index (κ1) is 19.3. The zero-order chi connectivity index (χ0) is 19.2. The number of rotatable bonds is 7. The average molecular weight is 404 g/mol. The van der Waals surface area contributed by atoms with Crippen molar-refractivity contribution in [2.75, 3.05) is 7.11 Å². The molecule has 0 saturated heterocycles. The number of benzene rings is 2. The van der Waals surface area contributed by atoms with E-state index in [0.717, 1.165) is 16.9 Å². The lowest BCUT2D eigenvalue weighted by Crippen LogP contribution is -2.30. The molecule has 1 heterocycles. The van der Waals surface area contributed by atoms with Crippen molar-refractivity contribution in [3.8, 4) is 17.2 Å². The summed E-state index contributed by atoms with van der Waals surface area (Å²) in [7, 11) is 1.60. The van der Waals surface area contributed by atoms with Crippen LogP contribution in [0.25, 0.3) is 11.5 Å². The molecule has 0 bridgehead atoms. The molecular formula is C19H18ClN3O3S. The Kier molecular flexibility index (Phi) is 6.36. The van der Waals surface area contributed by atoms with E-state index in [1.807, 2.05) is 36.4 Å². The maximum absolute atomic E-state index is 12.4. The summed E-state index contributed by atoms with van der Waals surface area (Å²) in [6.07, 6.45) is 0. The topological polar surface area (TPSA) is 77.2 Å². The van der Waals surface area contributed by atoms with Gasteiger partial charge in [-0.15, -0.1) is 10.2 Å². The van der Waals surface area contributed by atoms with E-state index < -0.39 is 5.25 Å². The van der Waals surface area contributed by atoms with Crippen LogP contribution < -0.4 is 10.1 Å². The molecule has 1 atom stereocenters. The molecule has 3 aromatic rings. The molecule has 0 aliphatic carbocycles. The van der Waals surface area contributed by atoms with Crippen LogP contribution in [-0.2, 0) is 11.3 Å². The summed E-state index contributed by atoms with van der Waals surface area (Å²) in [6, 6.07) is 14.7. The molecule has 0 aliphatic heterocycles. The number of carbonyl (C=O) groups is 1. The highest BCUT2D eigenvalue weighted by Crippen LogP contribution is 2.27. The van der Waals surface area contributed by atoms with Gasteiger partial charge in [0.25, 0.3) is 5.22 Å². The maximum atomic E-state index is 12.4. The molecule has 0 aliphatic rings. The van der Waals surface area contributed by atoms with Gasteiger partial charge in [0, 0.05) is 22.7 Å². The van der Waals surface area contributed by atoms with Gasteiger partial charge >= 0.3 is 0 Å². The van der Waals surface area contributed by atoms with Crippen LogP contribution >= 0.6 is 23.4 Å². The summed E-state index contributed by atoms with van der Waals surface area (Å²) in [5.74, 6) is 0.969. The number of hydrogen-bond donors (Lipinski definition) is 1. The third kappa shape index (κ3) is 5.02. The predicted molar refractivity (Wildman–Crippen MR) is 105 cm³/mol. The maximum Gasteiger partial charge on any atom is 0.277 e. The molecule has 0 saturated carbocycles. The second-order valence-electron chi connectivity index (χ2n) is 5.67. The summed E-state index contributed by atoms with van der Waals surface area (Å²) in [5, 5.41) is 11.4. The Morgan fingerprint density at radius 3 is 2.85 bits per heavy atom. The molecule has 1 N–H and O–H groups in total. The van der Waals surface area contributed by atoms with Crippen LogP contribution in [0.2, 0.25) is 5.02 Å². The molecule has 3 rings (SSSR count). The molecule has 8 heteroatoms. The Hall–Kier alpha value is -2.51. The molecular weight excluding hydrogens is 386 g/mol. The number of thioether (sulfide) groups is 1. The van der Waals surface area contributed by atoms with Crippen molar-refractivity contribution in [3.63, 3.8) is 0 Å². The van der Waals surface area contributed by atoms with Crippen molar-refractivity contribution in [3.05, 3.63) is 59.1 Å². The number of ether oxygens (including phenoxy) is 1. The van der Waals surface area contributed by atoms with E-state index >= 15 is 0 Å². The van der Waals surface area contributed by atoms with Crippen LogP contribution in [0.15, 0.2) is 58.2 Å². The van der Waals surface area contributed by atoms with E-state index in [1.54, 1.807) is 26.2 Å². The number of amides is 1. The van der Waals surface area contributed by atoms with Crippen molar-refractivity contribution in [2.24, 2.45) is 0 Å². The van der Waals surface area contributed by atoms with E-state index in [4.69, 9.17) is 20.8 Å². The lowest BCUT2D eigenvalue weighted by Gasteiger charge is -2.12. The van der Waals surface area contributed by atoms with Crippen molar-refractivity contribution < 1.29 is 13.9 Å². The molecule has 140 valence electrons. The number of halogens is 1. The Morgan fingerprint density at radius 1 is 1.26 bits per heavy atom. The summed E-state index contributed by atoms with van der Waals surface area (Å²) in [4.78, 5) is 12.4. The highest BCUT2D eigenvalue weighted by molar-refractivity contribution is 8.00. The highest BCUT2D eigenvalue weighted by Gasteiger charge is 2.19. The molecule has 0 spiro atoms. The number of nitrogens with zero attached hydrogens (tertiary/aromatic N) is 2. The average Bonchev–Trinajstić information content (AvgIpc) is 3.14. The highest BCUT2D eigenvalue weighted by atomic mass is 35.5. The summed E-state index contributed by atoms with van der Waals surface area (Å²) in [6.45, 7) is 2.16. The van der Waals surface area contributed by atoms with Gasteiger partial charge < -0.3 is 14.5 Å². The smallest absolute Gasteiger partial charge is 0.277 e. The second-order valence-corrected chi connectivity index (χ2v) is 7.40. The van der Waals surface area contributed by atoms with Crippen LogP contribution in [0.1, 0.15) is 12.5 Å². The number of nitrogens with one attached hydrogen (secondary N) is 1. The van der Waals surface area contributed by atoms with Crippen LogP contribution in [-0.4, -0.2) is 28.5 Å². The van der Waals surface area contributed by atoms with Gasteiger partial charge in [0.05, 0.1) is 12.4 Å². The Morgan fingerprint density at radius 2 is 2.07 bits per heavy atom. The number of methoxy groups -OCH3 is 1. The molecule has 1 aromatic heterocycles. The SMILES string of the molecule is COc1ccccc1CNC(=O)[C@@H](C)Sc1nnc(-c2cccc(Cl)c2)o1. The molecule has 6 nitrogen and oxygen atoms in total. The van der Waals surface area contributed by atoms with Gasteiger partial charge in [-0.2, -0.15) is 0 Å². The fraction of sp³-hybridized carbons (Fsp3) is 0.211. The monoisotopic (exact) mass is 403 g/mol. The zero-order valence-electron chi connectivity index (χ0n) is 14.8. The minimum atomic E-state index is -0.396. The molecule has 0 unspecified atom stereocenters. The minimum Gasteiger partial charge on any atom is -0.496 e. The summed E-state index contributed by atoms with van der Waals surface area (Å²) < 4.78 is 10.9. The third-order valence-electron chi connectivity index (χ3n) is 3.77. The first-order chi connectivity index (χ1) is 13.1. The van der Waals surface area contributed by atoms with E-state index in [9.17, 15) is 4.79 Å². The van der Waals surface area contributed by atoms with E-state index in [1.165, 1.54) is 11.8 Å². The van der Waals surface area contributed by atoms with Gasteiger partial charge in [0.2, 0.25) is 11.8 Å². The molecule has 2 aromatic carbocycles. The van der Waals surface area contributed by atoms with E-state index in [0.29, 0.717) is 22.7 Å². The van der Waals surface area contributed by atoms with Gasteiger partial charge in [-0.3, -0.25) is 4.79 Å². The normalized spacial score (nSPS) is 11.8. The lowest BCUT2D eigenvalue weighted by molar-refractivity contribution is -0.120. The van der Waals surface area contributed by atoms with Gasteiger partial charge in [0.1, 0.15) is 5.75 Å². The van der Waals surface area contributed by atoms with Crippen molar-refractivity contribution in [1.29, 1.82) is 0 Å². The Labute approximate surface area is 166 Å². The molecule has 0 radical (unpaired) electrons. The largest absolute Gasteiger partial charge is 0.496 e. The van der Waals surface area contributed by atoms with Gasteiger partial charge in [-0.1, -0.05) is 47.6 Å². The van der Waals surface area contributed by atoms with Crippen LogP contribution in [0.4, 0.5) is 0 Å². The predicted octanol–water partition coefficient (Wildman–Crippen LogP) is 4.20. The number of carbonyl (C=O) groups excluding carboxylic acids is 1. The first-order valence-corrected chi connectivity index (χ1v) is 9.48. The van der Waals surface area contributed by atoms with Gasteiger partial charge in [-0.05, 0) is 31.2 Å². The Balaban J connectivity index is 1.58. The Bertz CT molecular complexity index is 932.